The lowest BCUT2D eigenvalue weighted by molar-refractivity contribution is -0.179. The number of hydroxylamine groups is 2. The van der Waals surface area contributed by atoms with Gasteiger partial charge >= 0.3 is 0 Å². The minimum Gasteiger partial charge on any atom is -0.376 e. The number of likely N-dealkylation sites (N-methyl/N-ethyl adjacent to an activating group) is 1. The summed E-state index contributed by atoms with van der Waals surface area (Å²) >= 11 is 0. The van der Waals surface area contributed by atoms with E-state index in [0.29, 0.717) is 12.0 Å². The maximum atomic E-state index is 6.04. The summed E-state index contributed by atoms with van der Waals surface area (Å²) in [5.41, 5.74) is 2.79. The Morgan fingerprint density at radius 3 is 2.90 bits per heavy atom. The molecule has 3 aliphatic rings. The van der Waals surface area contributed by atoms with E-state index < -0.39 is 0 Å². The number of benzene rings is 1. The molecule has 114 valence electrons. The first kappa shape index (κ1) is 13.7. The van der Waals surface area contributed by atoms with Gasteiger partial charge in [-0.25, -0.2) is 0 Å². The SMILES string of the molecule is C[C@H]1CC2CON(C)[C@@]2(c2cccc(C3CCC3)c2)CO1. The Kier molecular flexibility index (Phi) is 3.32. The van der Waals surface area contributed by atoms with Gasteiger partial charge in [0.25, 0.3) is 0 Å². The quantitative estimate of drug-likeness (QED) is 0.831. The molecule has 21 heavy (non-hydrogen) atoms. The first-order chi connectivity index (χ1) is 10.2. The van der Waals surface area contributed by atoms with E-state index >= 15 is 0 Å². The summed E-state index contributed by atoms with van der Waals surface area (Å²) in [7, 11) is 2.06. The van der Waals surface area contributed by atoms with Gasteiger partial charge in [-0.1, -0.05) is 30.7 Å². The minimum atomic E-state index is -0.0910. The lowest BCUT2D eigenvalue weighted by Crippen LogP contribution is -2.51. The van der Waals surface area contributed by atoms with E-state index in [2.05, 4.69) is 43.3 Å². The van der Waals surface area contributed by atoms with Crippen molar-refractivity contribution in [3.8, 4) is 0 Å². The molecular formula is C18H25NO2. The number of hydrogen-bond acceptors (Lipinski definition) is 3. The Morgan fingerprint density at radius 1 is 1.29 bits per heavy atom. The zero-order valence-corrected chi connectivity index (χ0v) is 13.0. The molecule has 0 bridgehead atoms. The second-order valence-electron chi connectivity index (χ2n) is 7.03. The Labute approximate surface area is 127 Å². The van der Waals surface area contributed by atoms with Crippen LogP contribution in [0.25, 0.3) is 0 Å². The van der Waals surface area contributed by atoms with Gasteiger partial charge in [0.05, 0.1) is 24.9 Å². The van der Waals surface area contributed by atoms with Gasteiger partial charge in [0.15, 0.2) is 0 Å². The number of nitrogens with zero attached hydrogens (tertiary/aromatic N) is 1. The molecule has 0 N–H and O–H groups in total. The minimum absolute atomic E-state index is 0.0910. The van der Waals surface area contributed by atoms with Crippen molar-refractivity contribution in [2.24, 2.45) is 5.92 Å². The number of fused-ring (bicyclic) bond motifs is 1. The van der Waals surface area contributed by atoms with Gasteiger partial charge < -0.3 is 4.74 Å². The zero-order valence-electron chi connectivity index (χ0n) is 13.0. The van der Waals surface area contributed by atoms with Crippen LogP contribution in [0.4, 0.5) is 0 Å². The Bertz CT molecular complexity index is 528. The molecule has 0 spiro atoms. The maximum absolute atomic E-state index is 6.04. The van der Waals surface area contributed by atoms with Crippen LogP contribution in [0.5, 0.6) is 0 Å². The van der Waals surface area contributed by atoms with Crippen LogP contribution in [0.15, 0.2) is 24.3 Å². The molecule has 0 radical (unpaired) electrons. The van der Waals surface area contributed by atoms with Crippen LogP contribution >= 0.6 is 0 Å². The van der Waals surface area contributed by atoms with Crippen LogP contribution < -0.4 is 0 Å². The van der Waals surface area contributed by atoms with E-state index in [4.69, 9.17) is 9.57 Å². The third-order valence-electron chi connectivity index (χ3n) is 5.87. The molecule has 2 heterocycles. The highest BCUT2D eigenvalue weighted by Gasteiger charge is 2.53. The standard InChI is InChI=1S/C18H25NO2/c1-13-9-17-11-21-19(2)18(17,12-20-13)16-8-4-7-15(10-16)14-5-3-6-14/h4,7-8,10,13-14,17H,3,5-6,9,11-12H2,1-2H3/t13-,17?,18+/m0/s1. The fraction of sp³-hybridized carbons (Fsp3) is 0.667. The molecule has 3 atom stereocenters. The summed E-state index contributed by atoms with van der Waals surface area (Å²) < 4.78 is 6.04. The fourth-order valence-corrected chi connectivity index (χ4v) is 4.23. The van der Waals surface area contributed by atoms with Crippen molar-refractivity contribution < 1.29 is 9.57 Å². The van der Waals surface area contributed by atoms with E-state index in [1.807, 2.05) is 0 Å². The predicted molar refractivity (Wildman–Crippen MR) is 81.9 cm³/mol. The molecule has 0 amide bonds. The van der Waals surface area contributed by atoms with Crippen molar-refractivity contribution in [3.63, 3.8) is 0 Å². The van der Waals surface area contributed by atoms with Crippen LogP contribution in [-0.4, -0.2) is 31.4 Å². The molecule has 1 unspecified atom stereocenters. The Balaban J connectivity index is 1.72. The van der Waals surface area contributed by atoms with Crippen LogP contribution in [-0.2, 0) is 15.1 Å². The van der Waals surface area contributed by atoms with Gasteiger partial charge in [0.1, 0.15) is 0 Å². The van der Waals surface area contributed by atoms with Crippen LogP contribution in [0.1, 0.15) is 49.7 Å². The summed E-state index contributed by atoms with van der Waals surface area (Å²) in [5, 5.41) is 2.06. The van der Waals surface area contributed by atoms with Gasteiger partial charge in [-0.3, -0.25) is 4.84 Å². The molecule has 2 aliphatic heterocycles. The largest absolute Gasteiger partial charge is 0.376 e. The van der Waals surface area contributed by atoms with E-state index in [9.17, 15) is 0 Å². The second kappa shape index (κ2) is 5.08. The molecule has 4 rings (SSSR count). The van der Waals surface area contributed by atoms with E-state index in [0.717, 1.165) is 25.6 Å². The maximum Gasteiger partial charge on any atom is 0.0992 e. The first-order valence-electron chi connectivity index (χ1n) is 8.29. The predicted octanol–water partition coefficient (Wildman–Crippen LogP) is 3.45. The normalized spacial score (nSPS) is 37.2. The molecule has 1 aromatic carbocycles. The molecule has 2 saturated heterocycles. The van der Waals surface area contributed by atoms with Crippen LogP contribution in [0.3, 0.4) is 0 Å². The fourth-order valence-electron chi connectivity index (χ4n) is 4.23. The lowest BCUT2D eigenvalue weighted by Gasteiger charge is -2.44. The summed E-state index contributed by atoms with van der Waals surface area (Å²) in [5.74, 6) is 1.30. The average molecular weight is 287 g/mol. The highest BCUT2D eigenvalue weighted by atomic mass is 16.7. The van der Waals surface area contributed by atoms with Crippen molar-refractivity contribution >= 4 is 0 Å². The first-order valence-corrected chi connectivity index (χ1v) is 8.29. The zero-order chi connectivity index (χ0) is 14.4. The van der Waals surface area contributed by atoms with E-state index in [-0.39, 0.29) is 5.54 Å². The van der Waals surface area contributed by atoms with Gasteiger partial charge in [0.2, 0.25) is 0 Å². The topological polar surface area (TPSA) is 21.7 Å². The highest BCUT2D eigenvalue weighted by Crippen LogP contribution is 2.47. The number of rotatable bonds is 2. The lowest BCUT2D eigenvalue weighted by atomic mass is 9.73. The third kappa shape index (κ3) is 2.06. The van der Waals surface area contributed by atoms with E-state index in [1.54, 1.807) is 0 Å². The summed E-state index contributed by atoms with van der Waals surface area (Å²) in [6, 6.07) is 9.20. The molecule has 1 saturated carbocycles. The van der Waals surface area contributed by atoms with Gasteiger partial charge in [-0.2, -0.15) is 5.06 Å². The summed E-state index contributed by atoms with van der Waals surface area (Å²) in [4.78, 5) is 5.90. The highest BCUT2D eigenvalue weighted by molar-refractivity contribution is 5.34. The van der Waals surface area contributed by atoms with Gasteiger partial charge in [0, 0.05) is 13.0 Å². The molecule has 3 fully saturated rings. The third-order valence-corrected chi connectivity index (χ3v) is 5.87. The molecule has 3 heteroatoms. The van der Waals surface area contributed by atoms with Crippen molar-refractivity contribution in [1.82, 2.24) is 5.06 Å². The van der Waals surface area contributed by atoms with Gasteiger partial charge in [-0.05, 0) is 43.2 Å². The van der Waals surface area contributed by atoms with Crippen molar-refractivity contribution in [2.45, 2.75) is 50.2 Å². The molecular weight excluding hydrogens is 262 g/mol. The average Bonchev–Trinajstić information content (AvgIpc) is 2.75. The van der Waals surface area contributed by atoms with Gasteiger partial charge in [-0.15, -0.1) is 0 Å². The smallest absolute Gasteiger partial charge is 0.0992 e. The van der Waals surface area contributed by atoms with Crippen LogP contribution in [0.2, 0.25) is 0 Å². The van der Waals surface area contributed by atoms with Crippen LogP contribution in [0, 0.1) is 5.92 Å². The summed E-state index contributed by atoms with van der Waals surface area (Å²) in [6.45, 7) is 3.73. The van der Waals surface area contributed by atoms with Crippen molar-refractivity contribution in [1.29, 1.82) is 0 Å². The Morgan fingerprint density at radius 2 is 2.14 bits per heavy atom. The van der Waals surface area contributed by atoms with Crippen molar-refractivity contribution in [3.05, 3.63) is 35.4 Å². The number of ether oxygens (including phenoxy) is 1. The Hall–Kier alpha value is -0.900. The summed E-state index contributed by atoms with van der Waals surface area (Å²) in [6.07, 6.45) is 5.50. The van der Waals surface area contributed by atoms with Crippen molar-refractivity contribution in [2.75, 3.05) is 20.3 Å². The number of hydrogen-bond donors (Lipinski definition) is 0. The molecule has 3 nitrogen and oxygen atoms in total. The van der Waals surface area contributed by atoms with E-state index in [1.165, 1.54) is 30.4 Å². The molecule has 1 aromatic rings. The monoisotopic (exact) mass is 287 g/mol. The molecule has 1 aliphatic carbocycles. The second-order valence-corrected chi connectivity index (χ2v) is 7.03. The molecule has 0 aromatic heterocycles.